The van der Waals surface area contributed by atoms with Crippen LogP contribution in [-0.4, -0.2) is 32.0 Å². The Hall–Kier alpha value is -2.70. The summed E-state index contributed by atoms with van der Waals surface area (Å²) < 4.78 is 1.27. The van der Waals surface area contributed by atoms with Crippen molar-refractivity contribution in [3.8, 4) is 0 Å². The lowest BCUT2D eigenvalue weighted by Crippen LogP contribution is -2.26. The maximum atomic E-state index is 11.3. The first-order valence-electron chi connectivity index (χ1n) is 6.42. The van der Waals surface area contributed by atoms with Crippen molar-refractivity contribution in [3.05, 3.63) is 46.8 Å². The molecule has 0 radical (unpaired) electrons. The van der Waals surface area contributed by atoms with E-state index in [0.29, 0.717) is 12.1 Å². The number of carboxylic acid groups (broad SMARTS) is 1. The zero-order valence-corrected chi connectivity index (χ0v) is 11.8. The van der Waals surface area contributed by atoms with Crippen molar-refractivity contribution in [3.63, 3.8) is 0 Å². The largest absolute Gasteiger partial charge is 0.476 e. The zero-order valence-electron chi connectivity index (χ0n) is 11.8. The highest BCUT2D eigenvalue weighted by molar-refractivity contribution is 5.87. The quantitative estimate of drug-likeness (QED) is 0.849. The molecular formula is C14H16N4O3. The number of amides is 1. The maximum Gasteiger partial charge on any atom is 0.358 e. The molecule has 1 amide bonds. The average molecular weight is 288 g/mol. The first-order valence-corrected chi connectivity index (χ1v) is 6.42. The molecule has 2 aromatic rings. The zero-order chi connectivity index (χ0) is 15.6. The number of carboxylic acids is 1. The number of carbonyl (C=O) groups excluding carboxylic acids is 1. The lowest BCUT2D eigenvalue weighted by atomic mass is 10.1. The van der Waals surface area contributed by atoms with Gasteiger partial charge < -0.3 is 10.8 Å². The Morgan fingerprint density at radius 3 is 2.71 bits per heavy atom. The monoisotopic (exact) mass is 288 g/mol. The van der Waals surface area contributed by atoms with Gasteiger partial charge in [0.25, 0.3) is 0 Å². The number of rotatable bonds is 5. The number of carbonyl (C=O) groups is 2. The molecule has 0 aliphatic carbocycles. The summed E-state index contributed by atoms with van der Waals surface area (Å²) in [4.78, 5) is 22.6. The van der Waals surface area contributed by atoms with Gasteiger partial charge in [-0.3, -0.25) is 4.79 Å². The number of aromatic carboxylic acids is 1. The van der Waals surface area contributed by atoms with E-state index in [9.17, 15) is 14.7 Å². The first kappa shape index (κ1) is 14.7. The van der Waals surface area contributed by atoms with Crippen LogP contribution in [0.3, 0.4) is 0 Å². The van der Waals surface area contributed by atoms with E-state index < -0.39 is 17.9 Å². The predicted octanol–water partition coefficient (Wildman–Crippen LogP) is 0.922. The van der Waals surface area contributed by atoms with Gasteiger partial charge in [-0.1, -0.05) is 35.0 Å². The molecule has 0 saturated carbocycles. The van der Waals surface area contributed by atoms with Crippen LogP contribution in [0.1, 0.15) is 40.3 Å². The van der Waals surface area contributed by atoms with Crippen LogP contribution >= 0.6 is 0 Å². The van der Waals surface area contributed by atoms with Crippen LogP contribution in [0, 0.1) is 6.92 Å². The highest BCUT2D eigenvalue weighted by Gasteiger charge is 2.24. The summed E-state index contributed by atoms with van der Waals surface area (Å²) in [6.45, 7) is 3.51. The second-order valence-electron chi connectivity index (χ2n) is 4.88. The number of hydrogen-bond acceptors (Lipinski definition) is 4. The van der Waals surface area contributed by atoms with E-state index in [-0.39, 0.29) is 5.69 Å². The summed E-state index contributed by atoms with van der Waals surface area (Å²) in [5.41, 5.74) is 7.44. The molecule has 1 aromatic heterocycles. The number of nitrogens with zero attached hydrogens (tertiary/aromatic N) is 3. The second-order valence-corrected chi connectivity index (χ2v) is 4.88. The molecule has 0 spiro atoms. The minimum atomic E-state index is -1.18. The van der Waals surface area contributed by atoms with Gasteiger partial charge in [-0.25, -0.2) is 9.48 Å². The van der Waals surface area contributed by atoms with Gasteiger partial charge in [-0.05, 0) is 19.4 Å². The van der Waals surface area contributed by atoms with Gasteiger partial charge in [-0.2, -0.15) is 0 Å². The molecule has 0 bridgehead atoms. The van der Waals surface area contributed by atoms with Crippen LogP contribution < -0.4 is 5.73 Å². The van der Waals surface area contributed by atoms with E-state index in [4.69, 9.17) is 5.73 Å². The summed E-state index contributed by atoms with van der Waals surface area (Å²) in [7, 11) is 0. The molecule has 7 heteroatoms. The third kappa shape index (κ3) is 3.07. The topological polar surface area (TPSA) is 111 Å². The van der Waals surface area contributed by atoms with Crippen LogP contribution in [0.2, 0.25) is 0 Å². The molecule has 21 heavy (non-hydrogen) atoms. The van der Waals surface area contributed by atoms with E-state index in [0.717, 1.165) is 11.1 Å². The first-order chi connectivity index (χ1) is 9.90. The predicted molar refractivity (Wildman–Crippen MR) is 74.9 cm³/mol. The smallest absolute Gasteiger partial charge is 0.358 e. The third-order valence-corrected chi connectivity index (χ3v) is 3.23. The Morgan fingerprint density at radius 2 is 2.14 bits per heavy atom. The summed E-state index contributed by atoms with van der Waals surface area (Å²) in [6, 6.07) is 6.90. The Balaban J connectivity index is 2.46. The highest BCUT2D eigenvalue weighted by atomic mass is 16.4. The molecule has 0 aliphatic heterocycles. The van der Waals surface area contributed by atoms with E-state index in [1.54, 1.807) is 6.92 Å². The van der Waals surface area contributed by atoms with Gasteiger partial charge in [0.1, 0.15) is 6.04 Å². The van der Waals surface area contributed by atoms with Crippen LogP contribution in [-0.2, 0) is 11.2 Å². The van der Waals surface area contributed by atoms with Crippen molar-refractivity contribution >= 4 is 11.9 Å². The van der Waals surface area contributed by atoms with Crippen molar-refractivity contribution in [2.45, 2.75) is 26.3 Å². The van der Waals surface area contributed by atoms with Crippen molar-refractivity contribution < 1.29 is 14.7 Å². The van der Waals surface area contributed by atoms with Gasteiger partial charge >= 0.3 is 5.97 Å². The molecule has 3 N–H and O–H groups in total. The van der Waals surface area contributed by atoms with Crippen molar-refractivity contribution in [1.82, 2.24) is 15.0 Å². The average Bonchev–Trinajstić information content (AvgIpc) is 2.81. The van der Waals surface area contributed by atoms with Crippen molar-refractivity contribution in [2.24, 2.45) is 5.73 Å². The number of aryl methyl sites for hydroxylation is 1. The number of benzene rings is 1. The summed E-state index contributed by atoms with van der Waals surface area (Å²) in [5, 5.41) is 16.6. The minimum Gasteiger partial charge on any atom is -0.476 e. The van der Waals surface area contributed by atoms with Crippen LogP contribution in [0.25, 0.3) is 0 Å². The van der Waals surface area contributed by atoms with Crippen molar-refractivity contribution in [2.75, 3.05) is 0 Å². The van der Waals surface area contributed by atoms with Crippen LogP contribution in [0.5, 0.6) is 0 Å². The molecule has 0 aliphatic rings. The molecule has 1 atom stereocenters. The van der Waals surface area contributed by atoms with Gasteiger partial charge in [0, 0.05) is 6.42 Å². The number of primary amides is 1. The summed E-state index contributed by atoms with van der Waals surface area (Å²) in [6.07, 6.45) is 0.313. The molecule has 7 nitrogen and oxygen atoms in total. The number of nitrogens with two attached hydrogens (primary N) is 1. The number of aromatic nitrogens is 3. The van der Waals surface area contributed by atoms with E-state index in [1.807, 2.05) is 31.2 Å². The highest BCUT2D eigenvalue weighted by Crippen LogP contribution is 2.17. The van der Waals surface area contributed by atoms with Crippen LogP contribution in [0.15, 0.2) is 24.3 Å². The fourth-order valence-corrected chi connectivity index (χ4v) is 2.09. The Morgan fingerprint density at radius 1 is 1.43 bits per heavy atom. The minimum absolute atomic E-state index is 0.162. The van der Waals surface area contributed by atoms with E-state index in [1.165, 1.54) is 4.68 Å². The van der Waals surface area contributed by atoms with Crippen LogP contribution in [0.4, 0.5) is 0 Å². The lowest BCUT2D eigenvalue weighted by molar-refractivity contribution is -0.121. The SMILES string of the molecule is Cc1cccc(Cc2c(C(=O)O)nnn2C(C)C(N)=O)c1. The second kappa shape index (κ2) is 5.74. The molecular weight excluding hydrogens is 272 g/mol. The fourth-order valence-electron chi connectivity index (χ4n) is 2.09. The Labute approximate surface area is 121 Å². The summed E-state index contributed by atoms with van der Waals surface area (Å²) in [5.74, 6) is -1.78. The molecule has 1 heterocycles. The van der Waals surface area contributed by atoms with E-state index in [2.05, 4.69) is 10.3 Å². The molecule has 110 valence electrons. The molecule has 1 unspecified atom stereocenters. The normalized spacial score (nSPS) is 12.1. The molecule has 0 fully saturated rings. The standard InChI is InChI=1S/C14H16N4O3/c1-8-4-3-5-10(6-8)7-11-12(14(20)21)16-17-18(11)9(2)13(15)19/h3-6,9H,7H2,1-2H3,(H2,15,19)(H,20,21). The number of hydrogen-bond donors (Lipinski definition) is 2. The van der Waals surface area contributed by atoms with Gasteiger partial charge in [-0.15, -0.1) is 5.10 Å². The van der Waals surface area contributed by atoms with Crippen molar-refractivity contribution in [1.29, 1.82) is 0 Å². The lowest BCUT2D eigenvalue weighted by Gasteiger charge is -2.12. The molecule has 1 aromatic carbocycles. The van der Waals surface area contributed by atoms with Gasteiger partial charge in [0.15, 0.2) is 5.69 Å². The van der Waals surface area contributed by atoms with Gasteiger partial charge in [0.2, 0.25) is 5.91 Å². The molecule has 0 saturated heterocycles. The maximum absolute atomic E-state index is 11.3. The Kier molecular flexibility index (Phi) is 4.02. The summed E-state index contributed by atoms with van der Waals surface area (Å²) >= 11 is 0. The van der Waals surface area contributed by atoms with E-state index >= 15 is 0 Å². The third-order valence-electron chi connectivity index (χ3n) is 3.23. The van der Waals surface area contributed by atoms with Gasteiger partial charge in [0.05, 0.1) is 5.69 Å². The fraction of sp³-hybridized carbons (Fsp3) is 0.286. The molecule has 2 rings (SSSR count). The Bertz CT molecular complexity index is 693.